The van der Waals surface area contributed by atoms with Gasteiger partial charge in [-0.2, -0.15) is 0 Å². The van der Waals surface area contributed by atoms with Gasteiger partial charge in [0, 0.05) is 36.8 Å². The lowest BCUT2D eigenvalue weighted by Crippen LogP contribution is -2.09. The lowest BCUT2D eigenvalue weighted by Gasteiger charge is -2.21. The molecule has 12 aromatic rings. The van der Waals surface area contributed by atoms with E-state index in [4.69, 9.17) is 4.74 Å². The summed E-state index contributed by atoms with van der Waals surface area (Å²) in [4.78, 5) is 4.47. The number of ether oxygens (including phenoxy) is 1. The van der Waals surface area contributed by atoms with Crippen molar-refractivity contribution < 1.29 is 4.74 Å². The highest BCUT2D eigenvalue weighted by Gasteiger charge is 2.16. The van der Waals surface area contributed by atoms with Crippen LogP contribution in [0.5, 0.6) is 5.75 Å². The Hall–Kier alpha value is -9.96. The number of hydrogen-bond donors (Lipinski definition) is 0. The molecular formula is C86H78N2O. The first-order valence-electron chi connectivity index (χ1n) is 31.8. The molecule has 0 heterocycles. The molecule has 0 saturated carbocycles. The van der Waals surface area contributed by atoms with Gasteiger partial charge in [0.1, 0.15) is 5.75 Å². The van der Waals surface area contributed by atoms with Crippen LogP contribution in [-0.2, 0) is 32.1 Å². The second-order valence-electron chi connectivity index (χ2n) is 24.6. The molecule has 14 rings (SSSR count). The molecule has 2 aliphatic rings. The number of unbranched alkanes of at least 4 members (excludes halogenated alkanes) is 1. The first-order valence-corrected chi connectivity index (χ1v) is 31.8. The van der Waals surface area contributed by atoms with Crippen molar-refractivity contribution in [1.29, 1.82) is 0 Å². The highest BCUT2D eigenvalue weighted by atomic mass is 16.5. The van der Waals surface area contributed by atoms with E-state index in [0.717, 1.165) is 43.0 Å². The number of benzene rings is 12. The van der Waals surface area contributed by atoms with Crippen LogP contribution < -0.4 is 14.5 Å². The molecule has 0 N–H and O–H groups in total. The van der Waals surface area contributed by atoms with Crippen molar-refractivity contribution in [3.05, 3.63) is 317 Å². The molecule has 3 heteroatoms. The number of rotatable bonds is 17. The fourth-order valence-electron chi connectivity index (χ4n) is 12.6. The van der Waals surface area contributed by atoms with Gasteiger partial charge in [0.25, 0.3) is 0 Å². The summed E-state index contributed by atoms with van der Waals surface area (Å²) in [6.07, 6.45) is 8.29. The third-order valence-corrected chi connectivity index (χ3v) is 18.5. The second kappa shape index (κ2) is 26.2. The molecule has 0 bridgehead atoms. The Morgan fingerprint density at radius 1 is 0.292 bits per heavy atom. The fraction of sp³-hybridized carbons (Fsp3) is 0.163. The lowest BCUT2D eigenvalue weighted by atomic mass is 9.86. The van der Waals surface area contributed by atoms with Gasteiger partial charge >= 0.3 is 0 Å². The molecule has 2 aliphatic carbocycles. The molecule has 0 aliphatic heterocycles. The van der Waals surface area contributed by atoms with Crippen LogP contribution in [0.15, 0.2) is 267 Å². The van der Waals surface area contributed by atoms with Gasteiger partial charge in [-0.1, -0.05) is 199 Å². The third-order valence-electron chi connectivity index (χ3n) is 18.5. The van der Waals surface area contributed by atoms with Crippen LogP contribution in [-0.4, -0.2) is 20.7 Å². The highest BCUT2D eigenvalue weighted by Crippen LogP contribution is 2.38. The van der Waals surface area contributed by atoms with Crippen LogP contribution in [0.3, 0.4) is 0 Å². The zero-order valence-electron chi connectivity index (χ0n) is 52.4. The predicted octanol–water partition coefficient (Wildman–Crippen LogP) is 22.4. The molecule has 3 nitrogen and oxygen atoms in total. The van der Waals surface area contributed by atoms with Crippen molar-refractivity contribution in [1.82, 2.24) is 0 Å². The molecular weight excluding hydrogens is 1080 g/mol. The summed E-state index contributed by atoms with van der Waals surface area (Å²) in [5.74, 6) is 0.929. The van der Waals surface area contributed by atoms with Crippen molar-refractivity contribution >= 4 is 22.7 Å². The highest BCUT2D eigenvalue weighted by molar-refractivity contribution is 5.81. The van der Waals surface area contributed by atoms with Gasteiger partial charge in [0.2, 0.25) is 0 Å². The van der Waals surface area contributed by atoms with Crippen molar-refractivity contribution in [3.8, 4) is 83.6 Å². The molecule has 0 unspecified atom stereocenters. The quantitative estimate of drug-likeness (QED) is 0.0845. The number of aryl methyl sites for hydroxylation is 9. The Kier molecular flexibility index (Phi) is 17.1. The monoisotopic (exact) mass is 1150 g/mol. The molecule has 0 spiro atoms. The van der Waals surface area contributed by atoms with Crippen molar-refractivity contribution in [3.63, 3.8) is 0 Å². The van der Waals surface area contributed by atoms with E-state index in [1.54, 1.807) is 5.56 Å². The Morgan fingerprint density at radius 3 is 1.03 bits per heavy atom. The van der Waals surface area contributed by atoms with Crippen LogP contribution in [0.2, 0.25) is 0 Å². The number of fused-ring (bicyclic) bond motifs is 2. The van der Waals surface area contributed by atoms with Crippen molar-refractivity contribution in [2.45, 2.75) is 72.6 Å². The minimum Gasteiger partial charge on any atom is -0.494 e. The molecule has 0 fully saturated rings. The molecule has 0 saturated heterocycles. The van der Waals surface area contributed by atoms with Crippen LogP contribution >= 0.6 is 0 Å². The van der Waals surface area contributed by atoms with E-state index in [-0.39, 0.29) is 0 Å². The van der Waals surface area contributed by atoms with Gasteiger partial charge in [-0.3, -0.25) is 0 Å². The van der Waals surface area contributed by atoms with Crippen LogP contribution in [0.4, 0.5) is 22.7 Å². The maximum atomic E-state index is 6.06. The largest absolute Gasteiger partial charge is 0.494 e. The molecule has 438 valence electrons. The SMILES string of the molecule is Cc1ccc(-c2cc(C)c(-c3ccc(N(C)c4ccc(-c5cccc(-c6ccc7c(c6)CC7)c5)cc4)cc3)cc2C)cc1.Cc1ccc(-c2cccc(-c3cccc(-c4ccc(N(C)c5ccc(OCCCCc6ccc7c(c6)CC7)cc5)cc4)c3)c2)cc1. The zero-order chi connectivity index (χ0) is 60.8. The van der Waals surface area contributed by atoms with E-state index >= 15 is 0 Å². The topological polar surface area (TPSA) is 15.7 Å². The Morgan fingerprint density at radius 2 is 0.629 bits per heavy atom. The van der Waals surface area contributed by atoms with E-state index in [2.05, 4.69) is 319 Å². The smallest absolute Gasteiger partial charge is 0.119 e. The minimum atomic E-state index is 0.751. The van der Waals surface area contributed by atoms with Gasteiger partial charge in [0.05, 0.1) is 6.61 Å². The van der Waals surface area contributed by atoms with Crippen LogP contribution in [0.25, 0.3) is 77.9 Å². The standard InChI is InChI=1S/C44H41NO.C42H37N/c1-32-12-15-34(16-13-32)37-8-5-10-39(30-37)40-11-6-9-38(31-40)36-20-22-42(23-21-36)45(2)43-24-26-44(27-25-43)46-28-4-3-7-33-14-17-35-18-19-41(35)29-33;1-28-8-10-33(11-9-28)41-24-30(3)42(25-29(41)2)34-18-22-40(23-19-34)43(4)39-20-16-32(17-21-39)35-6-5-7-36(26-35)38-15-13-31-12-14-37(31)27-38/h5-6,8-17,20-27,29-31H,3-4,7,18-19,28H2,1-2H3;5-11,13,15-27H,12,14H2,1-4H3. The molecule has 0 amide bonds. The molecule has 89 heavy (non-hydrogen) atoms. The van der Waals surface area contributed by atoms with Crippen molar-refractivity contribution in [2.24, 2.45) is 0 Å². The first kappa shape index (κ1) is 58.1. The van der Waals surface area contributed by atoms with E-state index < -0.39 is 0 Å². The van der Waals surface area contributed by atoms with E-state index in [1.165, 1.54) is 159 Å². The first-order chi connectivity index (χ1) is 43.5. The summed E-state index contributed by atoms with van der Waals surface area (Å²) >= 11 is 0. The van der Waals surface area contributed by atoms with Gasteiger partial charge in [-0.15, -0.1) is 0 Å². The Labute approximate surface area is 528 Å². The van der Waals surface area contributed by atoms with Crippen molar-refractivity contribution in [2.75, 3.05) is 30.5 Å². The van der Waals surface area contributed by atoms with Gasteiger partial charge in [-0.05, 0) is 268 Å². The summed E-state index contributed by atoms with van der Waals surface area (Å²) < 4.78 is 6.06. The van der Waals surface area contributed by atoms with Crippen LogP contribution in [0, 0.1) is 27.7 Å². The summed E-state index contributed by atoms with van der Waals surface area (Å²) in [5, 5.41) is 0. The van der Waals surface area contributed by atoms with Gasteiger partial charge in [0.15, 0.2) is 0 Å². The number of hydrogen-bond acceptors (Lipinski definition) is 3. The molecule has 0 aromatic heterocycles. The number of nitrogens with zero attached hydrogens (tertiary/aromatic N) is 2. The maximum absolute atomic E-state index is 6.06. The summed E-state index contributed by atoms with van der Waals surface area (Å²) in [6.45, 7) is 9.44. The summed E-state index contributed by atoms with van der Waals surface area (Å²) in [6, 6.07) is 97.8. The maximum Gasteiger partial charge on any atom is 0.119 e. The zero-order valence-corrected chi connectivity index (χ0v) is 52.4. The molecule has 0 atom stereocenters. The Balaban J connectivity index is 0.000000164. The second-order valence-corrected chi connectivity index (χ2v) is 24.6. The number of anilines is 4. The molecule has 0 radical (unpaired) electrons. The van der Waals surface area contributed by atoms with Gasteiger partial charge < -0.3 is 14.5 Å². The molecule has 12 aromatic carbocycles. The van der Waals surface area contributed by atoms with Crippen LogP contribution in [0.1, 0.15) is 62.9 Å². The third kappa shape index (κ3) is 13.3. The minimum absolute atomic E-state index is 0.751. The average molecular weight is 1160 g/mol. The average Bonchev–Trinajstić information content (AvgIpc) is 3.54. The van der Waals surface area contributed by atoms with E-state index in [0.29, 0.717) is 0 Å². The van der Waals surface area contributed by atoms with Gasteiger partial charge in [-0.25, -0.2) is 0 Å². The predicted molar refractivity (Wildman–Crippen MR) is 379 cm³/mol. The summed E-state index contributed by atoms with van der Waals surface area (Å²) in [5.41, 5.74) is 34.9. The lowest BCUT2D eigenvalue weighted by molar-refractivity contribution is 0.307. The summed E-state index contributed by atoms with van der Waals surface area (Å²) in [7, 11) is 4.26. The van der Waals surface area contributed by atoms with E-state index in [9.17, 15) is 0 Å². The fourth-order valence-corrected chi connectivity index (χ4v) is 12.6. The normalized spacial score (nSPS) is 11.9. The Bertz CT molecular complexity index is 4420. The van der Waals surface area contributed by atoms with E-state index in [1.807, 2.05) is 0 Å².